The summed E-state index contributed by atoms with van der Waals surface area (Å²) in [5.41, 5.74) is -0.217. The molecule has 1 saturated heterocycles. The van der Waals surface area contributed by atoms with E-state index in [4.69, 9.17) is 4.52 Å². The molecule has 3 heteroatoms. The van der Waals surface area contributed by atoms with E-state index in [1.165, 1.54) is 0 Å². The first-order valence-electron chi connectivity index (χ1n) is 5.18. The molecule has 1 aromatic carbocycles. The van der Waals surface area contributed by atoms with Gasteiger partial charge in [0, 0.05) is 11.7 Å². The standard InChI is InChI=1S/C12H17O2P/c1-11(2)9-12(3,13)15(14-11)10-7-5-4-6-8-10/h4-8,13H,9H2,1-3H3/t12-,15-/m0/s1. The summed E-state index contributed by atoms with van der Waals surface area (Å²) in [7, 11) is -0.916. The van der Waals surface area contributed by atoms with Crippen molar-refractivity contribution in [3.05, 3.63) is 30.3 Å². The van der Waals surface area contributed by atoms with Crippen molar-refractivity contribution in [3.63, 3.8) is 0 Å². The first-order valence-corrected chi connectivity index (χ1v) is 6.43. The fourth-order valence-corrected chi connectivity index (χ4v) is 4.53. The highest BCUT2D eigenvalue weighted by Gasteiger charge is 2.48. The van der Waals surface area contributed by atoms with Gasteiger partial charge in [-0.25, -0.2) is 0 Å². The number of hydrogen-bond acceptors (Lipinski definition) is 2. The summed E-state index contributed by atoms with van der Waals surface area (Å²) in [4.78, 5) is 0. The molecule has 0 bridgehead atoms. The molecule has 0 amide bonds. The van der Waals surface area contributed by atoms with E-state index in [0.717, 1.165) is 5.30 Å². The molecule has 0 aromatic heterocycles. The first kappa shape index (κ1) is 11.1. The summed E-state index contributed by atoms with van der Waals surface area (Å²) in [6.45, 7) is 5.94. The van der Waals surface area contributed by atoms with Gasteiger partial charge in [0.25, 0.3) is 0 Å². The summed E-state index contributed by atoms with van der Waals surface area (Å²) < 4.78 is 5.96. The van der Waals surface area contributed by atoms with Gasteiger partial charge in [-0.1, -0.05) is 30.3 Å². The zero-order valence-corrected chi connectivity index (χ0v) is 10.3. The Labute approximate surface area is 92.1 Å². The summed E-state index contributed by atoms with van der Waals surface area (Å²) in [5.74, 6) is 0. The zero-order chi connectivity index (χ0) is 11.1. The minimum absolute atomic E-state index is 0.217. The van der Waals surface area contributed by atoms with Gasteiger partial charge in [0.15, 0.2) is 0 Å². The highest BCUT2D eigenvalue weighted by atomic mass is 31.1. The second-order valence-electron chi connectivity index (χ2n) is 4.87. The van der Waals surface area contributed by atoms with Crippen molar-refractivity contribution in [2.75, 3.05) is 0 Å². The van der Waals surface area contributed by atoms with Crippen LogP contribution in [-0.4, -0.2) is 16.0 Å². The van der Waals surface area contributed by atoms with Crippen LogP contribution in [0.15, 0.2) is 30.3 Å². The van der Waals surface area contributed by atoms with E-state index in [1.807, 2.05) is 51.1 Å². The molecule has 1 heterocycles. The van der Waals surface area contributed by atoms with Crippen molar-refractivity contribution in [1.29, 1.82) is 0 Å². The number of benzene rings is 1. The Kier molecular flexibility index (Phi) is 2.62. The second kappa shape index (κ2) is 3.55. The number of hydrogen-bond donors (Lipinski definition) is 1. The smallest absolute Gasteiger partial charge is 0.112 e. The fourth-order valence-electron chi connectivity index (χ4n) is 2.15. The minimum Gasteiger partial charge on any atom is -0.383 e. The van der Waals surface area contributed by atoms with Crippen LogP contribution in [-0.2, 0) is 4.52 Å². The quantitative estimate of drug-likeness (QED) is 0.743. The van der Waals surface area contributed by atoms with Crippen molar-refractivity contribution < 1.29 is 9.63 Å². The van der Waals surface area contributed by atoms with Gasteiger partial charge < -0.3 is 9.63 Å². The Balaban J connectivity index is 2.31. The zero-order valence-electron chi connectivity index (χ0n) is 9.40. The summed E-state index contributed by atoms with van der Waals surface area (Å²) in [6.07, 6.45) is 0.695. The van der Waals surface area contributed by atoms with E-state index in [1.54, 1.807) is 0 Å². The summed E-state index contributed by atoms with van der Waals surface area (Å²) >= 11 is 0. The van der Waals surface area contributed by atoms with Crippen LogP contribution in [0.3, 0.4) is 0 Å². The topological polar surface area (TPSA) is 29.5 Å². The van der Waals surface area contributed by atoms with Crippen LogP contribution < -0.4 is 5.30 Å². The Bertz CT molecular complexity index is 346. The second-order valence-corrected chi connectivity index (χ2v) is 7.13. The summed E-state index contributed by atoms with van der Waals surface area (Å²) in [6, 6.07) is 10.0. The van der Waals surface area contributed by atoms with E-state index >= 15 is 0 Å². The molecule has 1 fully saturated rings. The molecule has 2 rings (SSSR count). The normalized spacial score (nSPS) is 34.3. The third-order valence-electron chi connectivity index (χ3n) is 2.53. The van der Waals surface area contributed by atoms with E-state index in [0.29, 0.717) is 6.42 Å². The van der Waals surface area contributed by atoms with Gasteiger partial charge in [-0.2, -0.15) is 0 Å². The maximum Gasteiger partial charge on any atom is 0.112 e. The highest BCUT2D eigenvalue weighted by molar-refractivity contribution is 7.62. The van der Waals surface area contributed by atoms with Crippen LogP contribution in [0.5, 0.6) is 0 Å². The average molecular weight is 224 g/mol. The molecule has 0 radical (unpaired) electrons. The molecular weight excluding hydrogens is 207 g/mol. The molecule has 1 N–H and O–H groups in total. The van der Waals surface area contributed by atoms with Crippen LogP contribution in [0.25, 0.3) is 0 Å². The third-order valence-corrected chi connectivity index (χ3v) is 5.00. The van der Waals surface area contributed by atoms with Gasteiger partial charge in [0.05, 0.1) is 13.7 Å². The van der Waals surface area contributed by atoms with Crippen molar-refractivity contribution >= 4 is 13.5 Å². The molecule has 0 unspecified atom stereocenters. The summed E-state index contributed by atoms with van der Waals surface area (Å²) in [5, 5.41) is 10.8. The molecular formula is C12H17O2P. The van der Waals surface area contributed by atoms with E-state index in [9.17, 15) is 5.11 Å². The van der Waals surface area contributed by atoms with Gasteiger partial charge in [0.2, 0.25) is 0 Å². The minimum atomic E-state index is -0.916. The van der Waals surface area contributed by atoms with E-state index in [-0.39, 0.29) is 5.60 Å². The average Bonchev–Trinajstić information content (AvgIpc) is 2.36. The van der Waals surface area contributed by atoms with Gasteiger partial charge >= 0.3 is 0 Å². The molecule has 0 aliphatic carbocycles. The Morgan fingerprint density at radius 3 is 2.27 bits per heavy atom. The molecule has 82 valence electrons. The number of rotatable bonds is 1. The van der Waals surface area contributed by atoms with Crippen LogP contribution in [0.1, 0.15) is 27.2 Å². The third kappa shape index (κ3) is 2.23. The molecule has 0 spiro atoms. The Hall–Kier alpha value is -0.430. The van der Waals surface area contributed by atoms with E-state index < -0.39 is 13.5 Å². The van der Waals surface area contributed by atoms with Crippen molar-refractivity contribution in [3.8, 4) is 0 Å². The van der Waals surface area contributed by atoms with Gasteiger partial charge in [0.1, 0.15) is 5.34 Å². The number of aliphatic hydroxyl groups is 1. The molecule has 15 heavy (non-hydrogen) atoms. The van der Waals surface area contributed by atoms with Crippen LogP contribution in [0.2, 0.25) is 0 Å². The van der Waals surface area contributed by atoms with Crippen molar-refractivity contribution in [1.82, 2.24) is 0 Å². The molecule has 1 aliphatic rings. The van der Waals surface area contributed by atoms with E-state index in [2.05, 4.69) is 0 Å². The van der Waals surface area contributed by atoms with Crippen molar-refractivity contribution in [2.24, 2.45) is 0 Å². The predicted octanol–water partition coefficient (Wildman–Crippen LogP) is 2.62. The SMILES string of the molecule is CC1(C)C[C@@](C)(O)[P@](c2ccccc2)O1. The predicted molar refractivity (Wildman–Crippen MR) is 63.4 cm³/mol. The Morgan fingerprint density at radius 1 is 1.20 bits per heavy atom. The lowest BCUT2D eigenvalue weighted by molar-refractivity contribution is 0.0933. The fraction of sp³-hybridized carbons (Fsp3) is 0.500. The van der Waals surface area contributed by atoms with Crippen LogP contribution in [0.4, 0.5) is 0 Å². The molecule has 2 nitrogen and oxygen atoms in total. The van der Waals surface area contributed by atoms with Gasteiger partial charge in [-0.3, -0.25) is 0 Å². The highest BCUT2D eigenvalue weighted by Crippen LogP contribution is 2.60. The molecule has 1 aromatic rings. The first-order chi connectivity index (χ1) is 6.91. The van der Waals surface area contributed by atoms with Crippen LogP contribution in [0, 0.1) is 0 Å². The molecule has 1 aliphatic heterocycles. The maximum atomic E-state index is 10.3. The van der Waals surface area contributed by atoms with Gasteiger partial charge in [-0.05, 0) is 20.8 Å². The lowest BCUT2D eigenvalue weighted by Gasteiger charge is -2.23. The maximum absolute atomic E-state index is 10.3. The lowest BCUT2D eigenvalue weighted by Crippen LogP contribution is -2.25. The van der Waals surface area contributed by atoms with Crippen molar-refractivity contribution in [2.45, 2.75) is 38.1 Å². The monoisotopic (exact) mass is 224 g/mol. The Morgan fingerprint density at radius 2 is 1.80 bits per heavy atom. The molecule has 0 saturated carbocycles. The van der Waals surface area contributed by atoms with Gasteiger partial charge in [-0.15, -0.1) is 0 Å². The molecule has 2 atom stereocenters. The largest absolute Gasteiger partial charge is 0.383 e. The van der Waals surface area contributed by atoms with Crippen LogP contribution >= 0.6 is 8.15 Å². The lowest BCUT2D eigenvalue weighted by atomic mass is 10.0.